The van der Waals surface area contributed by atoms with Crippen LogP contribution in [0.4, 0.5) is 26.3 Å². The molecule has 0 N–H and O–H groups in total. The Morgan fingerprint density at radius 2 is 1.81 bits per heavy atom. The highest BCUT2D eigenvalue weighted by atomic mass is 19.4. The van der Waals surface area contributed by atoms with Crippen LogP contribution in [0.5, 0.6) is 0 Å². The normalized spacial score (nSPS) is 34.5. The van der Waals surface area contributed by atoms with Crippen molar-refractivity contribution in [1.82, 2.24) is 0 Å². The molecule has 174 valence electrons. The van der Waals surface area contributed by atoms with Gasteiger partial charge in [-0.05, 0) is 37.8 Å². The molecule has 0 aromatic carbocycles. The molecule has 3 aliphatic carbocycles. The lowest BCUT2D eigenvalue weighted by atomic mass is 9.67. The lowest BCUT2D eigenvalue weighted by Gasteiger charge is -2.42. The predicted molar refractivity (Wildman–Crippen MR) is 94.2 cm³/mol. The molecule has 6 atom stereocenters. The summed E-state index contributed by atoms with van der Waals surface area (Å²) in [5, 5.41) is 0. The fourth-order valence-corrected chi connectivity index (χ4v) is 5.46. The minimum atomic E-state index is -5.66. The second-order valence-corrected chi connectivity index (χ2v) is 9.71. The first-order chi connectivity index (χ1) is 14.1. The molecule has 3 fully saturated rings. The summed E-state index contributed by atoms with van der Waals surface area (Å²) < 4.78 is 95.8. The number of hydrogen-bond acceptors (Lipinski definition) is 4. The summed E-state index contributed by atoms with van der Waals surface area (Å²) in [6.07, 6.45) is -11.2. The van der Waals surface area contributed by atoms with Gasteiger partial charge in [0.05, 0.1) is 5.92 Å². The first-order valence-electron chi connectivity index (χ1n) is 10.3. The molecule has 1 spiro atoms. The summed E-state index contributed by atoms with van der Waals surface area (Å²) >= 11 is 0. The summed E-state index contributed by atoms with van der Waals surface area (Å²) in [5.41, 5.74) is -3.05. The average molecular weight is 454 g/mol. The quantitative estimate of drug-likeness (QED) is 0.311. The number of hydrogen-bond donors (Lipinski definition) is 0. The van der Waals surface area contributed by atoms with Crippen molar-refractivity contribution in [1.29, 1.82) is 0 Å². The fourth-order valence-electron chi connectivity index (χ4n) is 5.46. The molecular weight excluding hydrogens is 430 g/mol. The molecule has 4 rings (SSSR count). The van der Waals surface area contributed by atoms with E-state index in [9.17, 15) is 31.1 Å². The Balaban J connectivity index is 1.51. The van der Waals surface area contributed by atoms with E-state index in [-0.39, 0.29) is 36.9 Å². The zero-order valence-electron chi connectivity index (χ0n) is 17.5. The molecule has 0 radical (unpaired) electrons. The number of ether oxygens (including phenoxy) is 3. The van der Waals surface area contributed by atoms with Crippen molar-refractivity contribution in [3.63, 3.8) is 0 Å². The van der Waals surface area contributed by atoms with E-state index in [1.165, 1.54) is 0 Å². The van der Waals surface area contributed by atoms with Gasteiger partial charge in [0.1, 0.15) is 17.6 Å². The number of carbonyl (C=O) groups is 1. The van der Waals surface area contributed by atoms with E-state index in [2.05, 4.69) is 10.5 Å². The largest absolute Gasteiger partial charge is 0.481 e. The van der Waals surface area contributed by atoms with Gasteiger partial charge in [-0.1, -0.05) is 20.8 Å². The molecule has 0 aromatic rings. The summed E-state index contributed by atoms with van der Waals surface area (Å²) in [7, 11) is 0. The van der Waals surface area contributed by atoms with Gasteiger partial charge < -0.3 is 14.2 Å². The minimum Gasteiger partial charge on any atom is -0.481 e. The number of alkyl halides is 6. The zero-order valence-corrected chi connectivity index (χ0v) is 17.5. The Kier molecular flexibility index (Phi) is 4.76. The molecule has 31 heavy (non-hydrogen) atoms. The Bertz CT molecular complexity index is 839. The third kappa shape index (κ3) is 3.00. The molecule has 2 saturated carbocycles. The SMILES string of the molecule is CC(C)CC(C)C(=O)OC1C2CC3C1OC1=C=C(OC(C)(C(F)(F)F)C(F)(F)F)C13C2. The van der Waals surface area contributed by atoms with Gasteiger partial charge in [0.15, 0.2) is 11.5 Å². The maximum absolute atomic E-state index is 13.3. The van der Waals surface area contributed by atoms with Crippen molar-refractivity contribution >= 4 is 5.97 Å². The van der Waals surface area contributed by atoms with E-state index in [1.807, 2.05) is 13.8 Å². The van der Waals surface area contributed by atoms with Crippen LogP contribution < -0.4 is 0 Å². The van der Waals surface area contributed by atoms with Crippen molar-refractivity contribution < 1.29 is 45.3 Å². The molecule has 0 aromatic heterocycles. The van der Waals surface area contributed by atoms with Gasteiger partial charge >= 0.3 is 18.3 Å². The van der Waals surface area contributed by atoms with Crippen LogP contribution in [0, 0.1) is 29.1 Å². The van der Waals surface area contributed by atoms with Gasteiger partial charge in [-0.2, -0.15) is 26.3 Å². The molecule has 6 unspecified atom stereocenters. The predicted octanol–water partition coefficient (Wildman–Crippen LogP) is 5.29. The van der Waals surface area contributed by atoms with E-state index in [0.717, 1.165) is 0 Å². The van der Waals surface area contributed by atoms with Crippen molar-refractivity contribution in [2.75, 3.05) is 0 Å². The number of rotatable bonds is 6. The highest BCUT2D eigenvalue weighted by molar-refractivity contribution is 5.72. The second-order valence-electron chi connectivity index (χ2n) is 9.71. The Hall–Kier alpha value is -1.83. The monoisotopic (exact) mass is 454 g/mol. The van der Waals surface area contributed by atoms with Gasteiger partial charge in [0, 0.05) is 11.8 Å². The van der Waals surface area contributed by atoms with E-state index in [0.29, 0.717) is 18.8 Å². The van der Waals surface area contributed by atoms with Gasteiger partial charge in [0.2, 0.25) is 0 Å². The molecule has 10 heteroatoms. The van der Waals surface area contributed by atoms with Crippen molar-refractivity contribution in [2.24, 2.45) is 29.1 Å². The second kappa shape index (κ2) is 6.59. The van der Waals surface area contributed by atoms with Crippen LogP contribution >= 0.6 is 0 Å². The van der Waals surface area contributed by atoms with Gasteiger partial charge in [0.25, 0.3) is 5.60 Å². The van der Waals surface area contributed by atoms with E-state index in [1.54, 1.807) is 6.92 Å². The fraction of sp³-hybridized carbons (Fsp3) is 0.810. The van der Waals surface area contributed by atoms with Crippen molar-refractivity contribution in [3.8, 4) is 0 Å². The first kappa shape index (κ1) is 22.4. The van der Waals surface area contributed by atoms with Gasteiger partial charge in [-0.15, -0.1) is 0 Å². The smallest absolute Gasteiger partial charge is 0.437 e. The number of halogens is 6. The van der Waals surface area contributed by atoms with Crippen LogP contribution in [-0.2, 0) is 19.0 Å². The van der Waals surface area contributed by atoms with Crippen LogP contribution in [-0.4, -0.2) is 36.1 Å². The molecular formula is C21H24F6O4. The highest BCUT2D eigenvalue weighted by Gasteiger charge is 2.77. The lowest BCUT2D eigenvalue weighted by Crippen LogP contribution is -2.57. The number of carbonyl (C=O) groups excluding carboxylic acids is 1. The van der Waals surface area contributed by atoms with Crippen molar-refractivity contribution in [3.05, 3.63) is 17.2 Å². The van der Waals surface area contributed by atoms with Crippen LogP contribution in [0.1, 0.15) is 47.0 Å². The summed E-state index contributed by atoms with van der Waals surface area (Å²) in [5.74, 6) is -1.26. The van der Waals surface area contributed by atoms with Crippen LogP contribution in [0.15, 0.2) is 17.2 Å². The number of fused-ring (bicyclic) bond motifs is 1. The molecule has 4 aliphatic rings. The summed E-state index contributed by atoms with van der Waals surface area (Å²) in [6.45, 7) is 5.72. The Morgan fingerprint density at radius 1 is 1.19 bits per heavy atom. The maximum Gasteiger partial charge on any atom is 0.437 e. The molecule has 4 nitrogen and oxygen atoms in total. The standard InChI is InChI=1S/C21H24F6O4/c1-9(2)5-10(3)17(28)30-15-11-6-12-16(15)29-13-7-14(19(12,13)8-11)31-18(4,20(22,23)24)21(25,26)27/h9-12,15-16H,5-6,8H2,1-4H3. The molecule has 1 aliphatic heterocycles. The van der Waals surface area contributed by atoms with Gasteiger partial charge in [-0.25, -0.2) is 0 Å². The maximum atomic E-state index is 13.3. The van der Waals surface area contributed by atoms with Crippen LogP contribution in [0.2, 0.25) is 0 Å². The number of esters is 1. The van der Waals surface area contributed by atoms with Crippen LogP contribution in [0.3, 0.4) is 0 Å². The molecule has 1 heterocycles. The Labute approximate surface area is 175 Å². The molecule has 1 saturated heterocycles. The zero-order chi connectivity index (χ0) is 23.1. The molecule has 2 bridgehead atoms. The first-order valence-corrected chi connectivity index (χ1v) is 10.3. The third-order valence-electron chi connectivity index (χ3n) is 7.12. The van der Waals surface area contributed by atoms with Crippen LogP contribution in [0.25, 0.3) is 0 Å². The average Bonchev–Trinajstić information content (AvgIpc) is 3.20. The van der Waals surface area contributed by atoms with E-state index >= 15 is 0 Å². The third-order valence-corrected chi connectivity index (χ3v) is 7.12. The minimum absolute atomic E-state index is 0.0164. The van der Waals surface area contributed by atoms with E-state index < -0.39 is 47.3 Å². The summed E-state index contributed by atoms with van der Waals surface area (Å²) in [6, 6.07) is 0. The molecule has 0 amide bonds. The van der Waals surface area contributed by atoms with Crippen molar-refractivity contribution in [2.45, 2.75) is 77.1 Å². The highest BCUT2D eigenvalue weighted by Crippen LogP contribution is 2.72. The Morgan fingerprint density at radius 3 is 2.35 bits per heavy atom. The van der Waals surface area contributed by atoms with E-state index in [4.69, 9.17) is 9.47 Å². The summed E-state index contributed by atoms with van der Waals surface area (Å²) in [4.78, 5) is 12.5. The topological polar surface area (TPSA) is 44.8 Å². The lowest BCUT2D eigenvalue weighted by molar-refractivity contribution is -0.368. The van der Waals surface area contributed by atoms with Gasteiger partial charge in [-0.3, -0.25) is 4.79 Å².